The van der Waals surface area contributed by atoms with E-state index in [1.54, 1.807) is 24.3 Å². The number of rotatable bonds is 3. The number of halogens is 2. The number of nitrogens with one attached hydrogen (secondary N) is 2. The van der Waals surface area contributed by atoms with Crippen LogP contribution < -0.4 is 5.56 Å². The van der Waals surface area contributed by atoms with Crippen LogP contribution in [0.5, 0.6) is 0 Å². The van der Waals surface area contributed by atoms with Gasteiger partial charge in [-0.05, 0) is 48.0 Å². The van der Waals surface area contributed by atoms with Crippen LogP contribution in [0.4, 0.5) is 4.39 Å². The zero-order valence-electron chi connectivity index (χ0n) is 15.5. The summed E-state index contributed by atoms with van der Waals surface area (Å²) in [7, 11) is 0. The molecule has 2 aromatic carbocycles. The Bertz CT molecular complexity index is 1260. The molecule has 29 heavy (non-hydrogen) atoms. The molecule has 146 valence electrons. The standard InChI is InChI=1S/C22H18ClFN4O/c23-15-3-1-13(2-4-15)21-26-20-7-8-28(12-18(20)22(29)27-21)11-14-10-25-19-6-5-16(24)9-17(14)19/h1-6,9-10,25H,7-8,11-12H2,(H,26,27,29). The van der Waals surface area contributed by atoms with Gasteiger partial charge in [0.1, 0.15) is 11.6 Å². The van der Waals surface area contributed by atoms with Gasteiger partial charge in [0.05, 0.1) is 11.3 Å². The van der Waals surface area contributed by atoms with Crippen molar-refractivity contribution in [2.24, 2.45) is 0 Å². The van der Waals surface area contributed by atoms with E-state index < -0.39 is 0 Å². The van der Waals surface area contributed by atoms with Crippen molar-refractivity contribution in [3.8, 4) is 11.4 Å². The van der Waals surface area contributed by atoms with Gasteiger partial charge in [-0.2, -0.15) is 0 Å². The number of hydrogen-bond donors (Lipinski definition) is 2. The maximum Gasteiger partial charge on any atom is 0.255 e. The Labute approximate surface area is 171 Å². The summed E-state index contributed by atoms with van der Waals surface area (Å²) < 4.78 is 13.6. The molecular weight excluding hydrogens is 391 g/mol. The summed E-state index contributed by atoms with van der Waals surface area (Å²) in [5, 5.41) is 1.52. The Morgan fingerprint density at radius 1 is 1.17 bits per heavy atom. The van der Waals surface area contributed by atoms with Gasteiger partial charge in [0.2, 0.25) is 0 Å². The summed E-state index contributed by atoms with van der Waals surface area (Å²) in [4.78, 5) is 25.7. The second-order valence-electron chi connectivity index (χ2n) is 7.31. The van der Waals surface area contributed by atoms with Gasteiger partial charge in [-0.3, -0.25) is 9.69 Å². The van der Waals surface area contributed by atoms with Gasteiger partial charge in [-0.25, -0.2) is 9.37 Å². The molecule has 5 rings (SSSR count). The van der Waals surface area contributed by atoms with E-state index in [0.717, 1.165) is 34.3 Å². The van der Waals surface area contributed by atoms with Gasteiger partial charge in [0, 0.05) is 53.7 Å². The van der Waals surface area contributed by atoms with Crippen LogP contribution >= 0.6 is 11.6 Å². The summed E-state index contributed by atoms with van der Waals surface area (Å²) in [5.74, 6) is 0.309. The molecule has 0 radical (unpaired) electrons. The van der Waals surface area contributed by atoms with Crippen molar-refractivity contribution in [3.05, 3.63) is 86.7 Å². The second-order valence-corrected chi connectivity index (χ2v) is 7.75. The Morgan fingerprint density at radius 3 is 2.83 bits per heavy atom. The van der Waals surface area contributed by atoms with E-state index in [1.807, 2.05) is 18.3 Å². The minimum atomic E-state index is -0.252. The third-order valence-electron chi connectivity index (χ3n) is 5.39. The van der Waals surface area contributed by atoms with E-state index in [1.165, 1.54) is 6.07 Å². The van der Waals surface area contributed by atoms with Gasteiger partial charge < -0.3 is 9.97 Å². The van der Waals surface area contributed by atoms with Crippen molar-refractivity contribution in [3.63, 3.8) is 0 Å². The lowest BCUT2D eigenvalue weighted by Gasteiger charge is -2.27. The van der Waals surface area contributed by atoms with Gasteiger partial charge in [-0.15, -0.1) is 0 Å². The topological polar surface area (TPSA) is 64.8 Å². The summed E-state index contributed by atoms with van der Waals surface area (Å²) in [6.45, 7) is 1.94. The van der Waals surface area contributed by atoms with E-state index >= 15 is 0 Å². The second kappa shape index (κ2) is 7.13. The molecule has 4 aromatic rings. The fraction of sp³-hybridized carbons (Fsp3) is 0.182. The molecule has 0 unspecified atom stereocenters. The quantitative estimate of drug-likeness (QED) is 0.532. The predicted molar refractivity (Wildman–Crippen MR) is 111 cm³/mol. The molecular formula is C22H18ClFN4O. The largest absolute Gasteiger partial charge is 0.361 e. The Morgan fingerprint density at radius 2 is 2.00 bits per heavy atom. The smallest absolute Gasteiger partial charge is 0.255 e. The van der Waals surface area contributed by atoms with E-state index in [0.29, 0.717) is 35.9 Å². The zero-order valence-corrected chi connectivity index (χ0v) is 16.3. The molecule has 0 bridgehead atoms. The molecule has 5 nitrogen and oxygen atoms in total. The van der Waals surface area contributed by atoms with Gasteiger partial charge >= 0.3 is 0 Å². The molecule has 0 amide bonds. The van der Waals surface area contributed by atoms with Crippen molar-refractivity contribution in [2.45, 2.75) is 19.5 Å². The van der Waals surface area contributed by atoms with Crippen molar-refractivity contribution >= 4 is 22.5 Å². The highest BCUT2D eigenvalue weighted by Crippen LogP contribution is 2.24. The number of benzene rings is 2. The van der Waals surface area contributed by atoms with Gasteiger partial charge in [0.25, 0.3) is 5.56 Å². The fourth-order valence-corrected chi connectivity index (χ4v) is 4.01. The normalized spacial score (nSPS) is 14.3. The van der Waals surface area contributed by atoms with E-state index in [2.05, 4.69) is 19.9 Å². The zero-order chi connectivity index (χ0) is 20.0. The van der Waals surface area contributed by atoms with E-state index in [9.17, 15) is 9.18 Å². The average Bonchev–Trinajstić information content (AvgIpc) is 3.11. The van der Waals surface area contributed by atoms with Crippen LogP contribution in [0.2, 0.25) is 5.02 Å². The molecule has 1 aliphatic heterocycles. The van der Waals surface area contributed by atoms with Crippen LogP contribution in [-0.2, 0) is 19.5 Å². The number of H-pyrrole nitrogens is 2. The monoisotopic (exact) mass is 408 g/mol. The minimum absolute atomic E-state index is 0.116. The lowest BCUT2D eigenvalue weighted by Crippen LogP contribution is -2.35. The predicted octanol–water partition coefficient (Wildman–Crippen LogP) is 4.27. The van der Waals surface area contributed by atoms with Crippen LogP contribution in [0, 0.1) is 5.82 Å². The minimum Gasteiger partial charge on any atom is -0.361 e. The van der Waals surface area contributed by atoms with Gasteiger partial charge in [0.15, 0.2) is 0 Å². The van der Waals surface area contributed by atoms with Crippen molar-refractivity contribution < 1.29 is 4.39 Å². The van der Waals surface area contributed by atoms with Crippen molar-refractivity contribution in [1.82, 2.24) is 19.9 Å². The average molecular weight is 409 g/mol. The Hall–Kier alpha value is -2.96. The summed E-state index contributed by atoms with van der Waals surface area (Å²) in [6, 6.07) is 12.0. The SMILES string of the molecule is O=c1[nH]c(-c2ccc(Cl)cc2)nc2c1CN(Cc1c[nH]c3ccc(F)cc13)CC2. The van der Waals surface area contributed by atoms with Crippen LogP contribution in [0.1, 0.15) is 16.8 Å². The molecule has 2 aromatic heterocycles. The highest BCUT2D eigenvalue weighted by Gasteiger charge is 2.22. The molecule has 0 fully saturated rings. The highest BCUT2D eigenvalue weighted by atomic mass is 35.5. The van der Waals surface area contributed by atoms with Crippen molar-refractivity contribution in [1.29, 1.82) is 0 Å². The molecule has 7 heteroatoms. The van der Waals surface area contributed by atoms with E-state index in [-0.39, 0.29) is 11.4 Å². The van der Waals surface area contributed by atoms with Crippen LogP contribution in [-0.4, -0.2) is 26.4 Å². The van der Waals surface area contributed by atoms with Gasteiger partial charge in [-0.1, -0.05) is 11.6 Å². The number of nitrogens with zero attached hydrogens (tertiary/aromatic N) is 2. The maximum atomic E-state index is 13.6. The first-order valence-electron chi connectivity index (χ1n) is 9.43. The Balaban J connectivity index is 1.41. The molecule has 0 saturated heterocycles. The lowest BCUT2D eigenvalue weighted by atomic mass is 10.0. The first-order chi connectivity index (χ1) is 14.1. The van der Waals surface area contributed by atoms with E-state index in [4.69, 9.17) is 11.6 Å². The van der Waals surface area contributed by atoms with Crippen LogP contribution in [0.15, 0.2) is 53.5 Å². The summed E-state index contributed by atoms with van der Waals surface area (Å²) in [5.41, 5.74) is 4.17. The molecule has 2 N–H and O–H groups in total. The first-order valence-corrected chi connectivity index (χ1v) is 9.80. The van der Waals surface area contributed by atoms with Crippen molar-refractivity contribution in [2.75, 3.05) is 6.54 Å². The van der Waals surface area contributed by atoms with Crippen LogP contribution in [0.25, 0.3) is 22.3 Å². The third kappa shape index (κ3) is 3.45. The van der Waals surface area contributed by atoms with Crippen LogP contribution in [0.3, 0.4) is 0 Å². The highest BCUT2D eigenvalue weighted by molar-refractivity contribution is 6.30. The molecule has 0 aliphatic carbocycles. The number of fused-ring (bicyclic) bond motifs is 2. The number of aromatic nitrogens is 3. The molecule has 1 aliphatic rings. The fourth-order valence-electron chi connectivity index (χ4n) is 3.88. The lowest BCUT2D eigenvalue weighted by molar-refractivity contribution is 0.242. The molecule has 0 atom stereocenters. The first kappa shape index (κ1) is 18.1. The molecule has 0 saturated carbocycles. The summed E-state index contributed by atoms with van der Waals surface area (Å²) >= 11 is 5.94. The summed E-state index contributed by atoms with van der Waals surface area (Å²) in [6.07, 6.45) is 2.60. The third-order valence-corrected chi connectivity index (χ3v) is 5.64. The maximum absolute atomic E-state index is 13.6. The Kier molecular flexibility index (Phi) is 4.45. The number of hydrogen-bond acceptors (Lipinski definition) is 3. The molecule has 0 spiro atoms. The molecule has 3 heterocycles. The number of aromatic amines is 2.